The van der Waals surface area contributed by atoms with Crippen LogP contribution in [0.5, 0.6) is 0 Å². The molecule has 1 aliphatic heterocycles. The summed E-state index contributed by atoms with van der Waals surface area (Å²) in [4.78, 5) is 17.8. The van der Waals surface area contributed by atoms with Crippen molar-refractivity contribution in [2.75, 3.05) is 11.4 Å². The van der Waals surface area contributed by atoms with Crippen molar-refractivity contribution in [2.45, 2.75) is 19.4 Å². The minimum atomic E-state index is -0.847. The number of aliphatic carboxylic acids is 1. The highest BCUT2D eigenvalue weighted by Crippen LogP contribution is 2.34. The van der Waals surface area contributed by atoms with Crippen LogP contribution in [0.3, 0.4) is 0 Å². The fourth-order valence-corrected chi connectivity index (χ4v) is 3.17. The van der Waals surface area contributed by atoms with Gasteiger partial charge in [-0.3, -0.25) is 0 Å². The second-order valence-electron chi connectivity index (χ2n) is 4.51. The molecule has 0 saturated heterocycles. The summed E-state index contributed by atoms with van der Waals surface area (Å²) in [5.74, 6) is -0.164. The molecule has 0 saturated carbocycles. The van der Waals surface area contributed by atoms with Crippen molar-refractivity contribution in [1.82, 2.24) is 9.36 Å². The Labute approximate surface area is 114 Å². The van der Waals surface area contributed by atoms with E-state index in [9.17, 15) is 9.90 Å². The summed E-state index contributed by atoms with van der Waals surface area (Å²) >= 11 is 1.25. The van der Waals surface area contributed by atoms with Gasteiger partial charge in [-0.25, -0.2) is 9.78 Å². The van der Waals surface area contributed by atoms with Gasteiger partial charge in [-0.15, -0.1) is 0 Å². The molecule has 1 aliphatic rings. The summed E-state index contributed by atoms with van der Waals surface area (Å²) in [6.45, 7) is 2.47. The summed E-state index contributed by atoms with van der Waals surface area (Å²) in [5.41, 5.74) is 1.96. The summed E-state index contributed by atoms with van der Waals surface area (Å²) in [5, 5.41) is 10.2. The first kappa shape index (κ1) is 12.1. The van der Waals surface area contributed by atoms with Gasteiger partial charge in [0.05, 0.1) is 0 Å². The quantitative estimate of drug-likeness (QED) is 0.908. The lowest BCUT2D eigenvalue weighted by Gasteiger charge is -2.34. The van der Waals surface area contributed by atoms with Gasteiger partial charge in [0, 0.05) is 18.1 Å². The fourth-order valence-electron chi connectivity index (χ4n) is 2.44. The predicted octanol–water partition coefficient (Wildman–Crippen LogP) is 2.03. The summed E-state index contributed by atoms with van der Waals surface area (Å²) in [7, 11) is 0. The van der Waals surface area contributed by atoms with E-state index >= 15 is 0 Å². The van der Waals surface area contributed by atoms with Gasteiger partial charge in [0.2, 0.25) is 5.13 Å². The van der Waals surface area contributed by atoms with Gasteiger partial charge in [0.15, 0.2) is 6.04 Å². The van der Waals surface area contributed by atoms with Crippen LogP contribution >= 0.6 is 11.5 Å². The highest BCUT2D eigenvalue weighted by Gasteiger charge is 2.34. The Bertz CT molecular complexity index is 626. The molecule has 0 fully saturated rings. The zero-order valence-corrected chi connectivity index (χ0v) is 11.2. The van der Waals surface area contributed by atoms with E-state index in [4.69, 9.17) is 0 Å². The topological polar surface area (TPSA) is 66.3 Å². The number of anilines is 1. The molecule has 3 rings (SSSR count). The van der Waals surface area contributed by atoms with Crippen LogP contribution in [0.15, 0.2) is 24.3 Å². The molecular formula is C13H13N3O2S. The van der Waals surface area contributed by atoms with E-state index in [2.05, 4.69) is 9.36 Å². The number of hydrogen-bond acceptors (Lipinski definition) is 5. The lowest BCUT2D eigenvalue weighted by molar-refractivity contribution is -0.138. The molecule has 0 amide bonds. The van der Waals surface area contributed by atoms with Gasteiger partial charge in [0.25, 0.3) is 0 Å². The van der Waals surface area contributed by atoms with Crippen LogP contribution in [-0.4, -0.2) is 27.0 Å². The maximum absolute atomic E-state index is 11.6. The van der Waals surface area contributed by atoms with Crippen molar-refractivity contribution < 1.29 is 9.90 Å². The van der Waals surface area contributed by atoms with Crippen LogP contribution in [0.1, 0.15) is 23.0 Å². The molecule has 0 bridgehead atoms. The highest BCUT2D eigenvalue weighted by atomic mass is 32.1. The SMILES string of the molecule is Cc1nsc(N2CCc3ccccc3C2C(=O)O)n1. The Kier molecular flexibility index (Phi) is 2.94. The molecule has 1 aromatic carbocycles. The van der Waals surface area contributed by atoms with E-state index in [0.29, 0.717) is 17.5 Å². The van der Waals surface area contributed by atoms with Gasteiger partial charge >= 0.3 is 5.97 Å². The van der Waals surface area contributed by atoms with Gasteiger partial charge in [-0.2, -0.15) is 4.37 Å². The Hall–Kier alpha value is -1.95. The second-order valence-corrected chi connectivity index (χ2v) is 5.24. The van der Waals surface area contributed by atoms with Crippen LogP contribution in [-0.2, 0) is 11.2 Å². The average molecular weight is 275 g/mol. The van der Waals surface area contributed by atoms with E-state index in [-0.39, 0.29) is 0 Å². The number of carboxylic acids is 1. The summed E-state index contributed by atoms with van der Waals surface area (Å²) in [6, 6.07) is 7.03. The van der Waals surface area contributed by atoms with Gasteiger partial charge < -0.3 is 10.0 Å². The predicted molar refractivity (Wildman–Crippen MR) is 72.5 cm³/mol. The van der Waals surface area contributed by atoms with Crippen LogP contribution < -0.4 is 4.90 Å². The number of rotatable bonds is 2. The zero-order valence-electron chi connectivity index (χ0n) is 10.4. The Morgan fingerprint density at radius 2 is 2.26 bits per heavy atom. The van der Waals surface area contributed by atoms with Crippen molar-refractivity contribution in [1.29, 1.82) is 0 Å². The summed E-state index contributed by atoms with van der Waals surface area (Å²) in [6.07, 6.45) is 0.832. The number of hydrogen-bond donors (Lipinski definition) is 1. The minimum Gasteiger partial charge on any atom is -0.479 e. The normalized spacial score (nSPS) is 18.2. The number of benzene rings is 1. The van der Waals surface area contributed by atoms with E-state index < -0.39 is 12.0 Å². The second kappa shape index (κ2) is 4.62. The maximum atomic E-state index is 11.6. The molecule has 1 unspecified atom stereocenters. The maximum Gasteiger partial charge on any atom is 0.331 e. The largest absolute Gasteiger partial charge is 0.479 e. The molecule has 1 aromatic heterocycles. The van der Waals surface area contributed by atoms with Gasteiger partial charge in [0.1, 0.15) is 5.82 Å². The summed E-state index contributed by atoms with van der Waals surface area (Å²) < 4.78 is 4.14. The molecular weight excluding hydrogens is 262 g/mol. The van der Waals surface area contributed by atoms with Crippen molar-refractivity contribution in [3.63, 3.8) is 0 Å². The first-order chi connectivity index (χ1) is 9.16. The number of aryl methyl sites for hydroxylation is 1. The molecule has 0 radical (unpaired) electrons. The Balaban J connectivity index is 2.06. The molecule has 2 aromatic rings. The van der Waals surface area contributed by atoms with Crippen LogP contribution in [0, 0.1) is 6.92 Å². The minimum absolute atomic E-state index is 0.655. The van der Waals surface area contributed by atoms with E-state index in [1.54, 1.807) is 0 Å². The van der Waals surface area contributed by atoms with Crippen molar-refractivity contribution in [3.05, 3.63) is 41.2 Å². The monoisotopic (exact) mass is 275 g/mol. The van der Waals surface area contributed by atoms with E-state index in [1.165, 1.54) is 11.5 Å². The Morgan fingerprint density at radius 1 is 1.47 bits per heavy atom. The number of aromatic nitrogens is 2. The Morgan fingerprint density at radius 3 is 2.95 bits per heavy atom. The first-order valence-corrected chi connectivity index (χ1v) is 6.81. The van der Waals surface area contributed by atoms with E-state index in [0.717, 1.165) is 17.5 Å². The molecule has 6 heteroatoms. The highest BCUT2D eigenvalue weighted by molar-refractivity contribution is 7.09. The third-order valence-corrected chi connectivity index (χ3v) is 4.12. The third kappa shape index (κ3) is 2.08. The first-order valence-electron chi connectivity index (χ1n) is 6.04. The third-order valence-electron chi connectivity index (χ3n) is 3.28. The number of carboxylic acid groups (broad SMARTS) is 1. The lowest BCUT2D eigenvalue weighted by atomic mass is 9.93. The standard InChI is InChI=1S/C13H13N3O2S/c1-8-14-13(19-15-8)16-7-6-9-4-2-3-5-10(9)11(16)12(17)18/h2-5,11H,6-7H2,1H3,(H,17,18). The van der Waals surface area contributed by atoms with Crippen LogP contribution in [0.4, 0.5) is 5.13 Å². The van der Waals surface area contributed by atoms with Gasteiger partial charge in [-0.1, -0.05) is 24.3 Å². The zero-order chi connectivity index (χ0) is 13.4. The van der Waals surface area contributed by atoms with Gasteiger partial charge in [-0.05, 0) is 24.5 Å². The molecule has 0 spiro atoms. The average Bonchev–Trinajstić information content (AvgIpc) is 2.83. The molecule has 1 N–H and O–H groups in total. The van der Waals surface area contributed by atoms with E-state index in [1.807, 2.05) is 36.1 Å². The smallest absolute Gasteiger partial charge is 0.331 e. The van der Waals surface area contributed by atoms with Crippen molar-refractivity contribution >= 4 is 22.6 Å². The van der Waals surface area contributed by atoms with Crippen LogP contribution in [0.25, 0.3) is 0 Å². The fraction of sp³-hybridized carbons (Fsp3) is 0.308. The molecule has 5 nitrogen and oxygen atoms in total. The number of fused-ring (bicyclic) bond motifs is 1. The lowest BCUT2D eigenvalue weighted by Crippen LogP contribution is -2.39. The molecule has 98 valence electrons. The molecule has 0 aliphatic carbocycles. The molecule has 19 heavy (non-hydrogen) atoms. The molecule has 1 atom stereocenters. The number of carbonyl (C=O) groups is 1. The molecule has 2 heterocycles. The number of nitrogens with zero attached hydrogens (tertiary/aromatic N) is 3. The van der Waals surface area contributed by atoms with Crippen molar-refractivity contribution in [3.8, 4) is 0 Å². The van der Waals surface area contributed by atoms with Crippen molar-refractivity contribution in [2.24, 2.45) is 0 Å². The van der Waals surface area contributed by atoms with Crippen LogP contribution in [0.2, 0.25) is 0 Å².